The third-order valence-electron chi connectivity index (χ3n) is 5.25. The largest absolute Gasteiger partial charge is 0.326 e. The SMILES string of the molecule is Cc1ccc(NC(=O)C2CC2)cc1NC(=O)c1nc(-c2cccs2)n(-c2ccccc2)n1. The van der Waals surface area contributed by atoms with Crippen molar-refractivity contribution in [3.63, 3.8) is 0 Å². The molecule has 32 heavy (non-hydrogen) atoms. The van der Waals surface area contributed by atoms with Crippen LogP contribution in [0.3, 0.4) is 0 Å². The summed E-state index contributed by atoms with van der Waals surface area (Å²) in [6.07, 6.45) is 1.87. The Morgan fingerprint density at radius 2 is 1.84 bits per heavy atom. The van der Waals surface area contributed by atoms with Crippen LogP contribution in [0.15, 0.2) is 66.0 Å². The minimum Gasteiger partial charge on any atom is -0.326 e. The van der Waals surface area contributed by atoms with Gasteiger partial charge in [0.05, 0.1) is 10.6 Å². The summed E-state index contributed by atoms with van der Waals surface area (Å²) >= 11 is 1.54. The Labute approximate surface area is 189 Å². The van der Waals surface area contributed by atoms with E-state index in [0.29, 0.717) is 17.2 Å². The number of para-hydroxylation sites is 1. The zero-order valence-electron chi connectivity index (χ0n) is 17.4. The molecule has 0 aliphatic heterocycles. The highest BCUT2D eigenvalue weighted by Crippen LogP contribution is 2.31. The summed E-state index contributed by atoms with van der Waals surface area (Å²) in [5.74, 6) is 0.403. The molecule has 2 heterocycles. The van der Waals surface area contributed by atoms with Crippen molar-refractivity contribution in [1.82, 2.24) is 14.8 Å². The number of anilines is 2. The molecule has 0 bridgehead atoms. The molecule has 160 valence electrons. The Bertz CT molecular complexity index is 1280. The highest BCUT2D eigenvalue weighted by Gasteiger charge is 2.29. The minimum atomic E-state index is -0.411. The smallest absolute Gasteiger partial charge is 0.295 e. The second-order valence-electron chi connectivity index (χ2n) is 7.73. The van der Waals surface area contributed by atoms with Gasteiger partial charge in [-0.3, -0.25) is 9.59 Å². The van der Waals surface area contributed by atoms with Crippen LogP contribution in [0.25, 0.3) is 16.4 Å². The summed E-state index contributed by atoms with van der Waals surface area (Å²) in [6.45, 7) is 1.90. The number of aromatic nitrogens is 3. The summed E-state index contributed by atoms with van der Waals surface area (Å²) in [7, 11) is 0. The summed E-state index contributed by atoms with van der Waals surface area (Å²) in [5, 5.41) is 12.3. The number of hydrogen-bond donors (Lipinski definition) is 2. The lowest BCUT2D eigenvalue weighted by Crippen LogP contribution is -2.16. The van der Waals surface area contributed by atoms with Crippen molar-refractivity contribution < 1.29 is 9.59 Å². The average molecular weight is 444 g/mol. The van der Waals surface area contributed by atoms with Crippen LogP contribution in [0, 0.1) is 12.8 Å². The van der Waals surface area contributed by atoms with Crippen LogP contribution in [0.4, 0.5) is 11.4 Å². The van der Waals surface area contributed by atoms with E-state index in [1.807, 2.05) is 66.9 Å². The van der Waals surface area contributed by atoms with Crippen LogP contribution in [0.2, 0.25) is 0 Å². The van der Waals surface area contributed by atoms with E-state index in [4.69, 9.17) is 0 Å². The molecule has 0 atom stereocenters. The number of aryl methyl sites for hydroxylation is 1. The molecule has 0 radical (unpaired) electrons. The zero-order chi connectivity index (χ0) is 22.1. The zero-order valence-corrected chi connectivity index (χ0v) is 18.2. The molecule has 2 aromatic heterocycles. The van der Waals surface area contributed by atoms with Crippen molar-refractivity contribution in [3.05, 3.63) is 77.4 Å². The Morgan fingerprint density at radius 1 is 1.03 bits per heavy atom. The van der Waals surface area contributed by atoms with Gasteiger partial charge in [-0.05, 0) is 61.0 Å². The molecule has 1 aliphatic carbocycles. The van der Waals surface area contributed by atoms with E-state index in [2.05, 4.69) is 20.7 Å². The molecule has 0 spiro atoms. The van der Waals surface area contributed by atoms with Crippen molar-refractivity contribution in [2.45, 2.75) is 19.8 Å². The number of benzene rings is 2. The molecule has 2 aromatic carbocycles. The number of hydrogen-bond acceptors (Lipinski definition) is 5. The topological polar surface area (TPSA) is 88.9 Å². The summed E-state index contributed by atoms with van der Waals surface area (Å²) in [5.41, 5.74) is 2.97. The van der Waals surface area contributed by atoms with Crippen molar-refractivity contribution in [2.24, 2.45) is 5.92 Å². The molecule has 0 unspecified atom stereocenters. The Kier molecular flexibility index (Phi) is 5.28. The standard InChI is InChI=1S/C24H21N5O2S/c1-15-9-12-17(25-23(30)16-10-11-16)14-19(15)26-24(31)21-27-22(20-8-5-13-32-20)29(28-21)18-6-3-2-4-7-18/h2-9,12-14,16H,10-11H2,1H3,(H,25,30)(H,26,31). The summed E-state index contributed by atoms with van der Waals surface area (Å²) < 4.78 is 1.68. The number of thiophene rings is 1. The van der Waals surface area contributed by atoms with Gasteiger partial charge in [0.15, 0.2) is 5.82 Å². The second kappa shape index (κ2) is 8.39. The van der Waals surface area contributed by atoms with E-state index < -0.39 is 5.91 Å². The number of carbonyl (C=O) groups is 2. The maximum Gasteiger partial charge on any atom is 0.295 e. The Morgan fingerprint density at radius 3 is 2.56 bits per heavy atom. The van der Waals surface area contributed by atoms with E-state index in [1.54, 1.807) is 10.7 Å². The van der Waals surface area contributed by atoms with Crippen LogP contribution < -0.4 is 10.6 Å². The van der Waals surface area contributed by atoms with E-state index >= 15 is 0 Å². The molecule has 0 saturated heterocycles. The third kappa shape index (κ3) is 4.17. The fourth-order valence-corrected chi connectivity index (χ4v) is 4.02. The number of rotatable bonds is 6. The first kappa shape index (κ1) is 20.1. The lowest BCUT2D eigenvalue weighted by molar-refractivity contribution is -0.117. The molecule has 5 rings (SSSR count). The van der Waals surface area contributed by atoms with Gasteiger partial charge in [0, 0.05) is 17.3 Å². The number of amides is 2. The molecule has 1 fully saturated rings. The van der Waals surface area contributed by atoms with E-state index in [0.717, 1.165) is 29.0 Å². The Balaban J connectivity index is 1.43. The lowest BCUT2D eigenvalue weighted by atomic mass is 10.1. The first-order chi connectivity index (χ1) is 15.6. The Hall–Kier alpha value is -3.78. The summed E-state index contributed by atoms with van der Waals surface area (Å²) in [6, 6.07) is 19.0. The van der Waals surface area contributed by atoms with Crippen LogP contribution >= 0.6 is 11.3 Å². The minimum absolute atomic E-state index is 0.0231. The predicted molar refractivity (Wildman–Crippen MR) is 125 cm³/mol. The molecule has 1 saturated carbocycles. The monoisotopic (exact) mass is 443 g/mol. The molecule has 4 aromatic rings. The molecule has 1 aliphatic rings. The van der Waals surface area contributed by atoms with Crippen molar-refractivity contribution in [1.29, 1.82) is 0 Å². The van der Waals surface area contributed by atoms with E-state index in [9.17, 15) is 9.59 Å². The van der Waals surface area contributed by atoms with Crippen molar-refractivity contribution in [2.75, 3.05) is 10.6 Å². The molecular formula is C24H21N5O2S. The van der Waals surface area contributed by atoms with Crippen LogP contribution in [0.1, 0.15) is 29.0 Å². The van der Waals surface area contributed by atoms with Crippen LogP contribution in [-0.4, -0.2) is 26.6 Å². The maximum atomic E-state index is 13.1. The van der Waals surface area contributed by atoms with Gasteiger partial charge in [0.2, 0.25) is 11.7 Å². The van der Waals surface area contributed by atoms with Gasteiger partial charge in [0.25, 0.3) is 5.91 Å². The van der Waals surface area contributed by atoms with Crippen LogP contribution in [0.5, 0.6) is 0 Å². The number of nitrogens with zero attached hydrogens (tertiary/aromatic N) is 3. The van der Waals surface area contributed by atoms with Crippen molar-refractivity contribution >= 4 is 34.5 Å². The fourth-order valence-electron chi connectivity index (χ4n) is 3.33. The first-order valence-electron chi connectivity index (χ1n) is 10.4. The molecule has 7 nitrogen and oxygen atoms in total. The van der Waals surface area contributed by atoms with Crippen molar-refractivity contribution in [3.8, 4) is 16.4 Å². The highest BCUT2D eigenvalue weighted by atomic mass is 32.1. The first-order valence-corrected chi connectivity index (χ1v) is 11.3. The third-order valence-corrected chi connectivity index (χ3v) is 6.12. The quantitative estimate of drug-likeness (QED) is 0.443. The van der Waals surface area contributed by atoms with Gasteiger partial charge >= 0.3 is 0 Å². The maximum absolute atomic E-state index is 13.1. The van der Waals surface area contributed by atoms with Gasteiger partial charge < -0.3 is 10.6 Å². The lowest BCUT2D eigenvalue weighted by Gasteiger charge is -2.10. The molecule has 8 heteroatoms. The number of nitrogens with one attached hydrogen (secondary N) is 2. The average Bonchev–Trinajstić information content (AvgIpc) is 3.33. The fraction of sp³-hybridized carbons (Fsp3) is 0.167. The molecule has 2 N–H and O–H groups in total. The van der Waals surface area contributed by atoms with Gasteiger partial charge in [-0.25, -0.2) is 9.67 Å². The van der Waals surface area contributed by atoms with Gasteiger partial charge in [-0.2, -0.15) is 0 Å². The van der Waals surface area contributed by atoms with Gasteiger partial charge in [-0.15, -0.1) is 16.4 Å². The summed E-state index contributed by atoms with van der Waals surface area (Å²) in [4.78, 5) is 30.6. The van der Waals surface area contributed by atoms with Gasteiger partial charge in [0.1, 0.15) is 0 Å². The predicted octanol–water partition coefficient (Wildman–Crippen LogP) is 4.91. The second-order valence-corrected chi connectivity index (χ2v) is 8.68. The van der Waals surface area contributed by atoms with Gasteiger partial charge in [-0.1, -0.05) is 30.3 Å². The number of carbonyl (C=O) groups excluding carboxylic acids is 2. The highest BCUT2D eigenvalue weighted by molar-refractivity contribution is 7.13. The molecule has 2 amide bonds. The van der Waals surface area contributed by atoms with E-state index in [1.165, 1.54) is 11.3 Å². The normalized spacial score (nSPS) is 13.0. The molecular weight excluding hydrogens is 422 g/mol. The van der Waals surface area contributed by atoms with E-state index in [-0.39, 0.29) is 17.6 Å². The van der Waals surface area contributed by atoms with Crippen LogP contribution in [-0.2, 0) is 4.79 Å².